The lowest BCUT2D eigenvalue weighted by Gasteiger charge is -1.95. The summed E-state index contributed by atoms with van der Waals surface area (Å²) in [4.78, 5) is 6.87. The second-order valence-electron chi connectivity index (χ2n) is 2.54. The zero-order valence-corrected chi connectivity index (χ0v) is 9.25. The quantitative estimate of drug-likeness (QED) is 0.733. The van der Waals surface area contributed by atoms with Gasteiger partial charge in [-0.1, -0.05) is 6.07 Å². The van der Waals surface area contributed by atoms with E-state index in [1.807, 2.05) is 11.6 Å². The highest BCUT2D eigenvalue weighted by Crippen LogP contribution is 2.29. The third-order valence-corrected chi connectivity index (χ3v) is 3.68. The Hall–Kier alpha value is -0.380. The Labute approximate surface area is 90.0 Å². The van der Waals surface area contributed by atoms with Gasteiger partial charge in [0.05, 0.1) is 16.1 Å². The molecule has 0 saturated carbocycles. The Morgan fingerprint density at radius 1 is 1.38 bits per heavy atom. The lowest BCUT2D eigenvalue weighted by atomic mass is 10.2. The minimum atomic E-state index is 0.667. The monoisotopic (exact) mass is 229 g/mol. The van der Waals surface area contributed by atoms with Crippen molar-refractivity contribution in [1.29, 1.82) is 0 Å². The number of alkyl halides is 1. The summed E-state index contributed by atoms with van der Waals surface area (Å²) in [6, 6.07) is 4.14. The molecule has 0 atom stereocenters. The summed E-state index contributed by atoms with van der Waals surface area (Å²) in [6.07, 6.45) is 0.916. The molecule has 13 heavy (non-hydrogen) atoms. The van der Waals surface area contributed by atoms with Crippen molar-refractivity contribution in [3.05, 3.63) is 27.9 Å². The first-order valence-corrected chi connectivity index (χ1v) is 6.23. The van der Waals surface area contributed by atoms with Crippen LogP contribution in [-0.4, -0.2) is 10.9 Å². The van der Waals surface area contributed by atoms with Gasteiger partial charge >= 0.3 is 0 Å². The highest BCUT2D eigenvalue weighted by Gasteiger charge is 2.08. The Morgan fingerprint density at radius 2 is 2.31 bits per heavy atom. The first kappa shape index (κ1) is 9.19. The summed E-state index contributed by atoms with van der Waals surface area (Å²) in [5.74, 6) is 0.667. The Bertz CT molecular complexity index is 367. The molecule has 2 rings (SSSR count). The van der Waals surface area contributed by atoms with Crippen molar-refractivity contribution in [3.8, 4) is 10.6 Å². The van der Waals surface area contributed by atoms with Gasteiger partial charge in [-0.15, -0.1) is 34.3 Å². The van der Waals surface area contributed by atoms with Crippen molar-refractivity contribution in [2.75, 3.05) is 5.88 Å². The van der Waals surface area contributed by atoms with E-state index in [4.69, 9.17) is 11.6 Å². The van der Waals surface area contributed by atoms with Crippen LogP contribution in [0.5, 0.6) is 0 Å². The lowest BCUT2D eigenvalue weighted by molar-refractivity contribution is 1.18. The van der Waals surface area contributed by atoms with E-state index in [1.54, 1.807) is 22.7 Å². The summed E-state index contributed by atoms with van der Waals surface area (Å²) in [6.45, 7) is 0. The van der Waals surface area contributed by atoms with E-state index in [9.17, 15) is 0 Å². The van der Waals surface area contributed by atoms with Crippen molar-refractivity contribution in [3.63, 3.8) is 0 Å². The van der Waals surface area contributed by atoms with Crippen LogP contribution >= 0.6 is 34.3 Å². The van der Waals surface area contributed by atoms with E-state index in [0.717, 1.165) is 12.1 Å². The molecule has 0 saturated heterocycles. The van der Waals surface area contributed by atoms with Gasteiger partial charge in [0.25, 0.3) is 0 Å². The number of halogens is 1. The molecule has 0 amide bonds. The molecule has 1 nitrogen and oxygen atoms in total. The molecule has 0 aliphatic heterocycles. The predicted octanol–water partition coefficient (Wildman–Crippen LogP) is 3.65. The van der Waals surface area contributed by atoms with Gasteiger partial charge in [0.15, 0.2) is 0 Å². The van der Waals surface area contributed by atoms with Crippen LogP contribution in [0.2, 0.25) is 0 Å². The van der Waals surface area contributed by atoms with Gasteiger partial charge in [0.2, 0.25) is 0 Å². The predicted molar refractivity (Wildman–Crippen MR) is 59.9 cm³/mol. The highest BCUT2D eigenvalue weighted by atomic mass is 35.5. The molecular weight excluding hydrogens is 222 g/mol. The minimum Gasteiger partial charge on any atom is -0.244 e. The maximum Gasteiger partial charge on any atom is 0.0943 e. The maximum atomic E-state index is 5.71. The number of aromatic nitrogens is 1. The molecular formula is C9H8ClNS2. The summed E-state index contributed by atoms with van der Waals surface area (Å²) in [5, 5.41) is 2.07. The second kappa shape index (κ2) is 4.22. The standard InChI is InChI=1S/C9H8ClNS2/c10-4-3-8-9(11-6-13-8)7-2-1-5-12-7/h1-2,5-6H,3-4H2. The van der Waals surface area contributed by atoms with Gasteiger partial charge in [-0.25, -0.2) is 4.98 Å². The zero-order chi connectivity index (χ0) is 9.10. The van der Waals surface area contributed by atoms with Crippen LogP contribution in [0.3, 0.4) is 0 Å². The Balaban J connectivity index is 2.35. The molecule has 2 aromatic heterocycles. The van der Waals surface area contributed by atoms with Crippen LogP contribution in [0, 0.1) is 0 Å². The molecule has 0 bridgehead atoms. The normalized spacial score (nSPS) is 10.5. The fraction of sp³-hybridized carbons (Fsp3) is 0.222. The van der Waals surface area contributed by atoms with E-state index in [2.05, 4.69) is 16.4 Å². The summed E-state index contributed by atoms with van der Waals surface area (Å²) in [7, 11) is 0. The lowest BCUT2D eigenvalue weighted by Crippen LogP contribution is -1.84. The number of hydrogen-bond donors (Lipinski definition) is 0. The maximum absolute atomic E-state index is 5.71. The molecule has 0 aliphatic carbocycles. The van der Waals surface area contributed by atoms with Gasteiger partial charge in [-0.05, 0) is 17.9 Å². The van der Waals surface area contributed by atoms with Crippen molar-refractivity contribution in [2.45, 2.75) is 6.42 Å². The number of nitrogens with zero attached hydrogens (tertiary/aromatic N) is 1. The van der Waals surface area contributed by atoms with Gasteiger partial charge in [-0.3, -0.25) is 0 Å². The van der Waals surface area contributed by atoms with E-state index in [0.29, 0.717) is 5.88 Å². The first-order valence-electron chi connectivity index (χ1n) is 3.94. The smallest absolute Gasteiger partial charge is 0.0943 e. The van der Waals surface area contributed by atoms with E-state index < -0.39 is 0 Å². The molecule has 0 spiro atoms. The van der Waals surface area contributed by atoms with Crippen molar-refractivity contribution in [2.24, 2.45) is 0 Å². The Kier molecular flexibility index (Phi) is 2.98. The SMILES string of the molecule is ClCCc1scnc1-c1cccs1. The molecule has 0 fully saturated rings. The zero-order valence-electron chi connectivity index (χ0n) is 6.87. The van der Waals surface area contributed by atoms with E-state index in [1.165, 1.54) is 9.75 Å². The Morgan fingerprint density at radius 3 is 3.00 bits per heavy atom. The second-order valence-corrected chi connectivity index (χ2v) is 4.81. The number of aryl methyl sites for hydroxylation is 1. The van der Waals surface area contributed by atoms with Crippen LogP contribution in [-0.2, 0) is 6.42 Å². The summed E-state index contributed by atoms with van der Waals surface area (Å²) in [5.41, 5.74) is 3.00. The van der Waals surface area contributed by atoms with Crippen LogP contribution in [0.15, 0.2) is 23.0 Å². The third kappa shape index (κ3) is 1.93. The first-order chi connectivity index (χ1) is 6.42. The van der Waals surface area contributed by atoms with Crippen molar-refractivity contribution < 1.29 is 0 Å². The fourth-order valence-corrected chi connectivity index (χ4v) is 3.04. The number of hydrogen-bond acceptors (Lipinski definition) is 3. The van der Waals surface area contributed by atoms with Crippen LogP contribution < -0.4 is 0 Å². The third-order valence-electron chi connectivity index (χ3n) is 1.72. The topological polar surface area (TPSA) is 12.9 Å². The molecule has 0 unspecified atom stereocenters. The van der Waals surface area contributed by atoms with Gasteiger partial charge in [0.1, 0.15) is 0 Å². The molecule has 0 N–H and O–H groups in total. The van der Waals surface area contributed by atoms with Crippen LogP contribution in [0.4, 0.5) is 0 Å². The van der Waals surface area contributed by atoms with Crippen LogP contribution in [0.1, 0.15) is 4.88 Å². The molecule has 4 heteroatoms. The summed E-state index contributed by atoms with van der Waals surface area (Å²) < 4.78 is 0. The molecule has 0 radical (unpaired) electrons. The van der Waals surface area contributed by atoms with Crippen LogP contribution in [0.25, 0.3) is 10.6 Å². The minimum absolute atomic E-state index is 0.667. The highest BCUT2D eigenvalue weighted by molar-refractivity contribution is 7.14. The fourth-order valence-electron chi connectivity index (χ4n) is 1.15. The van der Waals surface area contributed by atoms with E-state index in [-0.39, 0.29) is 0 Å². The van der Waals surface area contributed by atoms with Gasteiger partial charge < -0.3 is 0 Å². The number of thiazole rings is 1. The van der Waals surface area contributed by atoms with Gasteiger partial charge in [-0.2, -0.15) is 0 Å². The molecule has 68 valence electrons. The molecule has 0 aliphatic rings. The average molecular weight is 230 g/mol. The van der Waals surface area contributed by atoms with Crippen molar-refractivity contribution >= 4 is 34.3 Å². The molecule has 2 heterocycles. The van der Waals surface area contributed by atoms with Crippen molar-refractivity contribution in [1.82, 2.24) is 4.98 Å². The molecule has 0 aromatic carbocycles. The number of rotatable bonds is 3. The average Bonchev–Trinajstić information content (AvgIpc) is 2.71. The van der Waals surface area contributed by atoms with E-state index >= 15 is 0 Å². The largest absolute Gasteiger partial charge is 0.244 e. The number of thiophene rings is 1. The van der Waals surface area contributed by atoms with Gasteiger partial charge in [0, 0.05) is 10.8 Å². The summed E-state index contributed by atoms with van der Waals surface area (Å²) >= 11 is 9.11. The molecule has 2 aromatic rings.